The number of halogens is 3. The Balaban J connectivity index is 1.59. The Morgan fingerprint density at radius 3 is 2.38 bits per heavy atom. The molecule has 9 heteroatoms. The average Bonchev–Trinajstić information content (AvgIpc) is 3.10. The van der Waals surface area contributed by atoms with E-state index in [9.17, 15) is 22.8 Å². The van der Waals surface area contributed by atoms with E-state index < -0.39 is 17.8 Å². The fourth-order valence-electron chi connectivity index (χ4n) is 4.61. The van der Waals surface area contributed by atoms with Crippen LogP contribution in [0.25, 0.3) is 0 Å². The maximum absolute atomic E-state index is 13.3. The summed E-state index contributed by atoms with van der Waals surface area (Å²) < 4.78 is 38.9. The molecule has 1 aromatic carbocycles. The number of likely N-dealkylation sites (tertiary alicyclic amines) is 1. The van der Waals surface area contributed by atoms with Crippen molar-refractivity contribution in [3.8, 4) is 0 Å². The number of nitrogens with one attached hydrogen (secondary N) is 1. The first-order valence-corrected chi connectivity index (χ1v) is 10.9. The molecule has 0 unspecified atom stereocenters. The smallest absolute Gasteiger partial charge is 0.332 e. The van der Waals surface area contributed by atoms with Crippen LogP contribution in [-0.4, -0.2) is 65.9 Å². The SMILES string of the molecule is C=CCN1C(=O)N[C@H](c2ccc(C(F)(F)F)cc2)C2=C1CN(CCN1CCCCC1)C2=O. The number of carbonyl (C=O) groups is 2. The topological polar surface area (TPSA) is 55.9 Å². The van der Waals surface area contributed by atoms with Gasteiger partial charge in [-0.05, 0) is 43.6 Å². The summed E-state index contributed by atoms with van der Waals surface area (Å²) in [6.45, 7) is 7.59. The number of hydrogen-bond acceptors (Lipinski definition) is 3. The lowest BCUT2D eigenvalue weighted by Gasteiger charge is -2.33. The average molecular weight is 448 g/mol. The molecule has 3 aliphatic rings. The predicted octanol–water partition coefficient (Wildman–Crippen LogP) is 3.54. The minimum absolute atomic E-state index is 0.184. The van der Waals surface area contributed by atoms with Gasteiger partial charge in [0.15, 0.2) is 0 Å². The standard InChI is InChI=1S/C23H27F3N4O2/c1-2-10-30-18-15-29(14-13-28-11-4-3-5-12-28)21(31)19(18)20(27-22(30)32)16-6-8-17(9-7-16)23(24,25)26/h2,6-9,20H,1,3-5,10-15H2,(H,27,32)/t20-/m1/s1. The van der Waals surface area contributed by atoms with Crippen molar-refractivity contribution in [2.75, 3.05) is 39.3 Å². The summed E-state index contributed by atoms with van der Waals surface area (Å²) in [4.78, 5) is 31.7. The first-order chi connectivity index (χ1) is 15.3. The first kappa shape index (κ1) is 22.4. The largest absolute Gasteiger partial charge is 0.416 e. The highest BCUT2D eigenvalue weighted by Gasteiger charge is 2.43. The lowest BCUT2D eigenvalue weighted by atomic mass is 9.94. The van der Waals surface area contributed by atoms with E-state index >= 15 is 0 Å². The lowest BCUT2D eigenvalue weighted by molar-refractivity contribution is -0.137. The molecule has 0 bridgehead atoms. The Morgan fingerprint density at radius 1 is 1.06 bits per heavy atom. The number of alkyl halides is 3. The van der Waals surface area contributed by atoms with E-state index in [1.54, 1.807) is 11.0 Å². The molecule has 1 N–H and O–H groups in total. The second kappa shape index (κ2) is 8.97. The zero-order valence-corrected chi connectivity index (χ0v) is 17.8. The molecular weight excluding hydrogens is 421 g/mol. The van der Waals surface area contributed by atoms with Crippen molar-refractivity contribution in [3.63, 3.8) is 0 Å². The number of carbonyl (C=O) groups excluding carboxylic acids is 2. The first-order valence-electron chi connectivity index (χ1n) is 10.9. The number of amides is 3. The molecule has 4 rings (SSSR count). The second-order valence-electron chi connectivity index (χ2n) is 8.39. The maximum Gasteiger partial charge on any atom is 0.416 e. The van der Waals surface area contributed by atoms with Crippen molar-refractivity contribution in [3.05, 3.63) is 59.3 Å². The van der Waals surface area contributed by atoms with Crippen molar-refractivity contribution < 1.29 is 22.8 Å². The third-order valence-electron chi connectivity index (χ3n) is 6.31. The molecule has 1 aromatic rings. The molecule has 1 fully saturated rings. The van der Waals surface area contributed by atoms with E-state index in [-0.39, 0.29) is 18.5 Å². The molecule has 3 amide bonds. The van der Waals surface area contributed by atoms with E-state index in [0.29, 0.717) is 29.9 Å². The van der Waals surface area contributed by atoms with E-state index in [1.165, 1.54) is 23.5 Å². The van der Waals surface area contributed by atoms with Crippen molar-refractivity contribution >= 4 is 11.9 Å². The van der Waals surface area contributed by atoms with Crippen LogP contribution in [0, 0.1) is 0 Å². The number of benzene rings is 1. The minimum Gasteiger partial charge on any atom is -0.332 e. The van der Waals surface area contributed by atoms with E-state index in [0.717, 1.165) is 44.6 Å². The molecule has 32 heavy (non-hydrogen) atoms. The van der Waals surface area contributed by atoms with Crippen LogP contribution >= 0.6 is 0 Å². The summed E-state index contributed by atoms with van der Waals surface area (Å²) in [6.07, 6.45) is 0.681. The molecule has 0 aromatic heterocycles. The summed E-state index contributed by atoms with van der Waals surface area (Å²) in [6, 6.07) is 3.43. The summed E-state index contributed by atoms with van der Waals surface area (Å²) in [5.41, 5.74) is 0.696. The van der Waals surface area contributed by atoms with Gasteiger partial charge in [-0.3, -0.25) is 9.69 Å². The third-order valence-corrected chi connectivity index (χ3v) is 6.31. The molecule has 3 heterocycles. The molecule has 0 saturated carbocycles. The van der Waals surface area contributed by atoms with Crippen molar-refractivity contribution in [2.45, 2.75) is 31.5 Å². The monoisotopic (exact) mass is 448 g/mol. The highest BCUT2D eigenvalue weighted by atomic mass is 19.4. The number of rotatable bonds is 6. The van der Waals surface area contributed by atoms with Gasteiger partial charge in [0.05, 0.1) is 29.4 Å². The van der Waals surface area contributed by atoms with Crippen LogP contribution in [0.4, 0.5) is 18.0 Å². The molecule has 3 aliphatic heterocycles. The fourth-order valence-corrected chi connectivity index (χ4v) is 4.61. The van der Waals surface area contributed by atoms with Crippen molar-refractivity contribution in [1.82, 2.24) is 20.0 Å². The summed E-state index contributed by atoms with van der Waals surface area (Å²) in [7, 11) is 0. The normalized spacial score (nSPS) is 22.3. The van der Waals surface area contributed by atoms with Crippen molar-refractivity contribution in [1.29, 1.82) is 0 Å². The van der Waals surface area contributed by atoms with Gasteiger partial charge in [0, 0.05) is 19.6 Å². The second-order valence-corrected chi connectivity index (χ2v) is 8.39. The number of nitrogens with zero attached hydrogens (tertiary/aromatic N) is 3. The Labute approximate surface area is 185 Å². The van der Waals surface area contributed by atoms with Crippen LogP contribution in [0.15, 0.2) is 48.2 Å². The number of urea groups is 1. The van der Waals surface area contributed by atoms with E-state index in [1.807, 2.05) is 0 Å². The van der Waals surface area contributed by atoms with Crippen LogP contribution in [0.3, 0.4) is 0 Å². The van der Waals surface area contributed by atoms with Gasteiger partial charge in [-0.2, -0.15) is 13.2 Å². The van der Waals surface area contributed by atoms with Gasteiger partial charge in [0.1, 0.15) is 0 Å². The van der Waals surface area contributed by atoms with Gasteiger partial charge in [-0.1, -0.05) is 24.6 Å². The van der Waals surface area contributed by atoms with Gasteiger partial charge >= 0.3 is 12.2 Å². The highest BCUT2D eigenvalue weighted by molar-refractivity contribution is 6.01. The molecule has 1 saturated heterocycles. The quantitative estimate of drug-likeness (QED) is 0.678. The van der Waals surface area contributed by atoms with Crippen LogP contribution in [-0.2, 0) is 11.0 Å². The number of hydrogen-bond donors (Lipinski definition) is 1. The van der Waals surface area contributed by atoms with Crippen LogP contribution in [0.1, 0.15) is 36.4 Å². The van der Waals surface area contributed by atoms with Crippen LogP contribution < -0.4 is 5.32 Å². The Bertz CT molecular complexity index is 920. The Kier molecular flexibility index (Phi) is 6.28. The molecule has 6 nitrogen and oxygen atoms in total. The minimum atomic E-state index is -4.45. The number of piperidine rings is 1. The summed E-state index contributed by atoms with van der Waals surface area (Å²) in [5, 5.41) is 2.80. The predicted molar refractivity (Wildman–Crippen MR) is 114 cm³/mol. The molecule has 0 radical (unpaired) electrons. The van der Waals surface area contributed by atoms with Crippen LogP contribution in [0.2, 0.25) is 0 Å². The van der Waals surface area contributed by atoms with Gasteiger partial charge in [0.25, 0.3) is 5.91 Å². The molecule has 1 atom stereocenters. The molecule has 172 valence electrons. The third kappa shape index (κ3) is 4.39. The Hall–Kier alpha value is -2.81. The molecule has 0 spiro atoms. The zero-order chi connectivity index (χ0) is 22.9. The van der Waals surface area contributed by atoms with Gasteiger partial charge in [-0.25, -0.2) is 4.79 Å². The van der Waals surface area contributed by atoms with Gasteiger partial charge in [-0.15, -0.1) is 6.58 Å². The zero-order valence-electron chi connectivity index (χ0n) is 17.8. The molecule has 0 aliphatic carbocycles. The van der Waals surface area contributed by atoms with E-state index in [4.69, 9.17) is 0 Å². The van der Waals surface area contributed by atoms with Crippen molar-refractivity contribution in [2.24, 2.45) is 0 Å². The van der Waals surface area contributed by atoms with Gasteiger partial charge in [0.2, 0.25) is 0 Å². The fraction of sp³-hybridized carbons (Fsp3) is 0.478. The maximum atomic E-state index is 13.3. The summed E-state index contributed by atoms with van der Waals surface area (Å²) >= 11 is 0. The highest BCUT2D eigenvalue weighted by Crippen LogP contribution is 2.37. The lowest BCUT2D eigenvalue weighted by Crippen LogP contribution is -2.47. The van der Waals surface area contributed by atoms with E-state index in [2.05, 4.69) is 16.8 Å². The molecular formula is C23H27F3N4O2. The van der Waals surface area contributed by atoms with Gasteiger partial charge < -0.3 is 15.1 Å². The summed E-state index contributed by atoms with van der Waals surface area (Å²) in [5.74, 6) is -0.184. The Morgan fingerprint density at radius 2 is 1.75 bits per heavy atom. The van der Waals surface area contributed by atoms with Crippen LogP contribution in [0.5, 0.6) is 0 Å².